The maximum absolute atomic E-state index is 5.72. The van der Waals surface area contributed by atoms with E-state index in [1.807, 2.05) is 12.1 Å². The van der Waals surface area contributed by atoms with E-state index < -0.39 is 0 Å². The van der Waals surface area contributed by atoms with Gasteiger partial charge in [0.2, 0.25) is 0 Å². The predicted molar refractivity (Wildman–Crippen MR) is 69.7 cm³/mol. The average molecular weight is 243 g/mol. The Morgan fingerprint density at radius 2 is 2.00 bits per heavy atom. The third-order valence-corrected chi connectivity index (χ3v) is 3.63. The van der Waals surface area contributed by atoms with Crippen LogP contribution in [0.25, 0.3) is 0 Å². The molecule has 0 saturated heterocycles. The lowest BCUT2D eigenvalue weighted by atomic mass is 10.1. The first-order valence-corrected chi connectivity index (χ1v) is 6.20. The van der Waals surface area contributed by atoms with E-state index in [2.05, 4.69) is 38.7 Å². The second kappa shape index (κ2) is 4.42. The molecule has 1 aliphatic rings. The molecule has 5 heteroatoms. The summed E-state index contributed by atoms with van der Waals surface area (Å²) < 4.78 is 2.12. The highest BCUT2D eigenvalue weighted by molar-refractivity contribution is 5.40. The van der Waals surface area contributed by atoms with Crippen molar-refractivity contribution in [1.29, 1.82) is 0 Å². The molecular weight excluding hydrogens is 226 g/mol. The zero-order valence-electron chi connectivity index (χ0n) is 10.5. The van der Waals surface area contributed by atoms with E-state index in [-0.39, 0.29) is 0 Å². The van der Waals surface area contributed by atoms with Crippen LogP contribution < -0.4 is 5.73 Å². The van der Waals surface area contributed by atoms with Gasteiger partial charge in [0.1, 0.15) is 12.2 Å². The summed E-state index contributed by atoms with van der Waals surface area (Å²) in [6.07, 6.45) is 1.81. The van der Waals surface area contributed by atoms with Crippen LogP contribution in [0.2, 0.25) is 0 Å². The van der Waals surface area contributed by atoms with Crippen molar-refractivity contribution in [2.24, 2.45) is 0 Å². The Labute approximate surface area is 106 Å². The molecule has 1 unspecified atom stereocenters. The van der Waals surface area contributed by atoms with Gasteiger partial charge < -0.3 is 10.3 Å². The number of benzene rings is 1. The fourth-order valence-corrected chi connectivity index (χ4v) is 2.40. The average Bonchev–Trinajstić information content (AvgIpc) is 2.86. The van der Waals surface area contributed by atoms with Crippen molar-refractivity contribution in [3.8, 4) is 0 Å². The number of nitrogens with two attached hydrogens (primary N) is 1. The molecule has 2 N–H and O–H groups in total. The zero-order valence-corrected chi connectivity index (χ0v) is 10.5. The molecule has 5 nitrogen and oxygen atoms in total. The Kier molecular flexibility index (Phi) is 2.76. The van der Waals surface area contributed by atoms with Crippen LogP contribution in [0, 0.1) is 0 Å². The van der Waals surface area contributed by atoms with Crippen molar-refractivity contribution in [1.82, 2.24) is 19.7 Å². The quantitative estimate of drug-likeness (QED) is 0.811. The molecule has 2 aromatic rings. The summed E-state index contributed by atoms with van der Waals surface area (Å²) in [6, 6.07) is 8.48. The second-order valence-electron chi connectivity index (χ2n) is 4.75. The Morgan fingerprint density at radius 3 is 2.78 bits per heavy atom. The Balaban J connectivity index is 1.78. The van der Waals surface area contributed by atoms with E-state index in [1.165, 1.54) is 5.56 Å². The number of anilines is 1. The number of rotatable bonds is 2. The SMILES string of the molecule is CC(c1ccc(N)cc1)N1CCn2cnnc2C1. The lowest BCUT2D eigenvalue weighted by Crippen LogP contribution is -2.35. The van der Waals surface area contributed by atoms with Gasteiger partial charge in [0.25, 0.3) is 0 Å². The molecule has 0 spiro atoms. The normalized spacial score (nSPS) is 17.4. The van der Waals surface area contributed by atoms with E-state index in [0.717, 1.165) is 31.1 Å². The largest absolute Gasteiger partial charge is 0.399 e. The number of fused-ring (bicyclic) bond motifs is 1. The topological polar surface area (TPSA) is 60.0 Å². The molecule has 0 bridgehead atoms. The number of aromatic nitrogens is 3. The van der Waals surface area contributed by atoms with E-state index in [4.69, 9.17) is 5.73 Å². The Hall–Kier alpha value is -1.88. The van der Waals surface area contributed by atoms with E-state index in [0.29, 0.717) is 6.04 Å². The van der Waals surface area contributed by atoms with Gasteiger partial charge >= 0.3 is 0 Å². The molecule has 3 rings (SSSR count). The summed E-state index contributed by atoms with van der Waals surface area (Å²) in [5.74, 6) is 1.04. The molecule has 0 amide bonds. The molecule has 0 aliphatic carbocycles. The van der Waals surface area contributed by atoms with Gasteiger partial charge in [-0.2, -0.15) is 0 Å². The Morgan fingerprint density at radius 1 is 1.22 bits per heavy atom. The van der Waals surface area contributed by atoms with Gasteiger partial charge in [-0.25, -0.2) is 0 Å². The van der Waals surface area contributed by atoms with E-state index >= 15 is 0 Å². The fraction of sp³-hybridized carbons (Fsp3) is 0.385. The van der Waals surface area contributed by atoms with Crippen LogP contribution >= 0.6 is 0 Å². The van der Waals surface area contributed by atoms with Crippen molar-refractivity contribution in [2.75, 3.05) is 12.3 Å². The highest BCUT2D eigenvalue weighted by atomic mass is 15.3. The maximum Gasteiger partial charge on any atom is 0.147 e. The Bertz CT molecular complexity index is 531. The van der Waals surface area contributed by atoms with Crippen LogP contribution in [0.4, 0.5) is 5.69 Å². The summed E-state index contributed by atoms with van der Waals surface area (Å²) in [7, 11) is 0. The number of hydrogen-bond donors (Lipinski definition) is 1. The molecule has 0 fully saturated rings. The molecule has 18 heavy (non-hydrogen) atoms. The van der Waals surface area contributed by atoms with Crippen molar-refractivity contribution >= 4 is 5.69 Å². The van der Waals surface area contributed by atoms with Crippen LogP contribution in [0.3, 0.4) is 0 Å². The van der Waals surface area contributed by atoms with Gasteiger partial charge in [0.15, 0.2) is 0 Å². The third-order valence-electron chi connectivity index (χ3n) is 3.63. The number of nitrogens with zero attached hydrogens (tertiary/aromatic N) is 4. The maximum atomic E-state index is 5.72. The smallest absolute Gasteiger partial charge is 0.147 e. The van der Waals surface area contributed by atoms with Crippen molar-refractivity contribution in [3.63, 3.8) is 0 Å². The summed E-state index contributed by atoms with van der Waals surface area (Å²) in [6.45, 7) is 5.06. The zero-order chi connectivity index (χ0) is 12.5. The minimum atomic E-state index is 0.371. The molecule has 1 aromatic carbocycles. The molecule has 1 atom stereocenters. The van der Waals surface area contributed by atoms with Crippen molar-refractivity contribution < 1.29 is 0 Å². The van der Waals surface area contributed by atoms with Crippen LogP contribution in [-0.2, 0) is 13.1 Å². The number of hydrogen-bond acceptors (Lipinski definition) is 4. The van der Waals surface area contributed by atoms with Crippen LogP contribution in [0.15, 0.2) is 30.6 Å². The highest BCUT2D eigenvalue weighted by Gasteiger charge is 2.22. The fourth-order valence-electron chi connectivity index (χ4n) is 2.40. The standard InChI is InChI=1S/C13H17N5/c1-10(11-2-4-12(14)5-3-11)17-6-7-18-9-15-16-13(18)8-17/h2-5,9-10H,6-8,14H2,1H3. The van der Waals surface area contributed by atoms with Crippen LogP contribution in [-0.4, -0.2) is 26.2 Å². The molecule has 0 radical (unpaired) electrons. The summed E-state index contributed by atoms with van der Waals surface area (Å²) >= 11 is 0. The molecular formula is C13H17N5. The second-order valence-corrected chi connectivity index (χ2v) is 4.75. The van der Waals surface area contributed by atoms with Gasteiger partial charge in [-0.3, -0.25) is 4.90 Å². The summed E-state index contributed by atoms with van der Waals surface area (Å²) in [5.41, 5.74) is 7.82. The van der Waals surface area contributed by atoms with Gasteiger partial charge in [-0.05, 0) is 24.6 Å². The lowest BCUT2D eigenvalue weighted by molar-refractivity contribution is 0.163. The molecule has 0 saturated carbocycles. The predicted octanol–water partition coefficient (Wildman–Crippen LogP) is 1.44. The molecule has 94 valence electrons. The minimum Gasteiger partial charge on any atom is -0.399 e. The minimum absolute atomic E-state index is 0.371. The first-order chi connectivity index (χ1) is 8.74. The van der Waals surface area contributed by atoms with Crippen molar-refractivity contribution in [3.05, 3.63) is 42.0 Å². The molecule has 2 heterocycles. The molecule has 1 aromatic heterocycles. The van der Waals surface area contributed by atoms with Crippen molar-refractivity contribution in [2.45, 2.75) is 26.1 Å². The van der Waals surface area contributed by atoms with Gasteiger partial charge in [-0.15, -0.1) is 10.2 Å². The highest BCUT2D eigenvalue weighted by Crippen LogP contribution is 2.24. The van der Waals surface area contributed by atoms with Gasteiger partial charge in [0.05, 0.1) is 6.54 Å². The third kappa shape index (κ3) is 1.97. The van der Waals surface area contributed by atoms with Crippen LogP contribution in [0.5, 0.6) is 0 Å². The van der Waals surface area contributed by atoms with Gasteiger partial charge in [0, 0.05) is 24.8 Å². The monoisotopic (exact) mass is 243 g/mol. The van der Waals surface area contributed by atoms with Gasteiger partial charge in [-0.1, -0.05) is 12.1 Å². The first kappa shape index (κ1) is 11.2. The number of nitrogen functional groups attached to an aromatic ring is 1. The van der Waals surface area contributed by atoms with E-state index in [1.54, 1.807) is 6.33 Å². The summed E-state index contributed by atoms with van der Waals surface area (Å²) in [5, 5.41) is 8.10. The first-order valence-electron chi connectivity index (χ1n) is 6.20. The lowest BCUT2D eigenvalue weighted by Gasteiger charge is -2.32. The van der Waals surface area contributed by atoms with Crippen LogP contribution in [0.1, 0.15) is 24.4 Å². The molecule has 1 aliphatic heterocycles. The van der Waals surface area contributed by atoms with E-state index in [9.17, 15) is 0 Å². The summed E-state index contributed by atoms with van der Waals surface area (Å²) in [4.78, 5) is 2.41.